The lowest BCUT2D eigenvalue weighted by atomic mass is 10.1. The zero-order chi connectivity index (χ0) is 17.7. The maximum Gasteiger partial charge on any atom is 0.119 e. The molecule has 0 fully saturated rings. The Morgan fingerprint density at radius 3 is 1.68 bits per heavy atom. The lowest BCUT2D eigenvalue weighted by Crippen LogP contribution is -1.97. The van der Waals surface area contributed by atoms with Crippen molar-refractivity contribution in [3.8, 4) is 16.9 Å². The standard InChI is InChI=1S/C23H32OS/c1-2-3-4-5-6-7-8-9-10-19-24-22-15-11-20(12-16-22)21-13-17-23(25)18-14-21/h11-18,25H,2-10,19H2,1H3. The van der Waals surface area contributed by atoms with Crippen LogP contribution in [0.4, 0.5) is 0 Å². The van der Waals surface area contributed by atoms with Crippen LogP contribution in [0.25, 0.3) is 11.1 Å². The van der Waals surface area contributed by atoms with Crippen molar-refractivity contribution < 1.29 is 4.74 Å². The summed E-state index contributed by atoms with van der Waals surface area (Å²) < 4.78 is 5.86. The Bertz CT molecular complexity index is 574. The van der Waals surface area contributed by atoms with Crippen molar-refractivity contribution in [2.24, 2.45) is 0 Å². The van der Waals surface area contributed by atoms with Crippen molar-refractivity contribution in [3.63, 3.8) is 0 Å². The molecule has 0 aliphatic heterocycles. The van der Waals surface area contributed by atoms with E-state index in [0.29, 0.717) is 0 Å². The largest absolute Gasteiger partial charge is 0.494 e. The first-order chi connectivity index (χ1) is 12.3. The molecule has 2 aromatic rings. The van der Waals surface area contributed by atoms with E-state index < -0.39 is 0 Å². The summed E-state index contributed by atoms with van der Waals surface area (Å²) in [5.74, 6) is 0.967. The molecule has 0 heterocycles. The SMILES string of the molecule is CCCCCCCCCCCOc1ccc(-c2ccc(S)cc2)cc1. The Kier molecular flexibility index (Phi) is 9.58. The number of hydrogen-bond donors (Lipinski definition) is 1. The van der Waals surface area contributed by atoms with Gasteiger partial charge in [-0.3, -0.25) is 0 Å². The molecule has 1 nitrogen and oxygen atoms in total. The molecule has 136 valence electrons. The van der Waals surface area contributed by atoms with Gasteiger partial charge in [-0.15, -0.1) is 12.6 Å². The van der Waals surface area contributed by atoms with Gasteiger partial charge in [0.25, 0.3) is 0 Å². The maximum atomic E-state index is 5.86. The smallest absolute Gasteiger partial charge is 0.119 e. The van der Waals surface area contributed by atoms with Crippen LogP contribution in [0.3, 0.4) is 0 Å². The van der Waals surface area contributed by atoms with Crippen LogP contribution >= 0.6 is 12.6 Å². The summed E-state index contributed by atoms with van der Waals surface area (Å²) >= 11 is 4.33. The molecule has 2 aromatic carbocycles. The highest BCUT2D eigenvalue weighted by molar-refractivity contribution is 7.80. The second-order valence-corrected chi connectivity index (χ2v) is 7.26. The fourth-order valence-electron chi connectivity index (χ4n) is 3.00. The van der Waals surface area contributed by atoms with E-state index in [1.807, 2.05) is 12.1 Å². The molecule has 0 bridgehead atoms. The van der Waals surface area contributed by atoms with Gasteiger partial charge in [-0.05, 0) is 41.8 Å². The van der Waals surface area contributed by atoms with Crippen LogP contribution in [0.15, 0.2) is 53.4 Å². The summed E-state index contributed by atoms with van der Waals surface area (Å²) in [4.78, 5) is 0.990. The van der Waals surface area contributed by atoms with Crippen molar-refractivity contribution >= 4 is 12.6 Å². The monoisotopic (exact) mass is 356 g/mol. The van der Waals surface area contributed by atoms with Crippen LogP contribution in [-0.4, -0.2) is 6.61 Å². The summed E-state index contributed by atoms with van der Waals surface area (Å²) in [5.41, 5.74) is 2.42. The van der Waals surface area contributed by atoms with E-state index in [2.05, 4.69) is 56.0 Å². The summed E-state index contributed by atoms with van der Waals surface area (Å²) in [7, 11) is 0. The highest BCUT2D eigenvalue weighted by Gasteiger charge is 1.99. The Morgan fingerprint density at radius 1 is 0.640 bits per heavy atom. The molecule has 0 aliphatic rings. The maximum absolute atomic E-state index is 5.86. The zero-order valence-corrected chi connectivity index (χ0v) is 16.4. The van der Waals surface area contributed by atoms with Crippen LogP contribution in [0.2, 0.25) is 0 Å². The molecule has 0 aliphatic carbocycles. The Morgan fingerprint density at radius 2 is 1.12 bits per heavy atom. The van der Waals surface area contributed by atoms with Gasteiger partial charge < -0.3 is 4.74 Å². The number of hydrogen-bond acceptors (Lipinski definition) is 2. The minimum absolute atomic E-state index is 0.823. The second-order valence-electron chi connectivity index (χ2n) is 6.75. The van der Waals surface area contributed by atoms with Crippen LogP contribution in [0.1, 0.15) is 64.7 Å². The molecule has 2 rings (SSSR count). The summed E-state index contributed by atoms with van der Waals surface area (Å²) in [6.07, 6.45) is 12.1. The van der Waals surface area contributed by atoms with E-state index in [1.54, 1.807) is 0 Å². The highest BCUT2D eigenvalue weighted by atomic mass is 32.1. The average molecular weight is 357 g/mol. The van der Waals surface area contributed by atoms with Gasteiger partial charge in [-0.2, -0.15) is 0 Å². The number of thiol groups is 1. The van der Waals surface area contributed by atoms with E-state index in [-0.39, 0.29) is 0 Å². The van der Waals surface area contributed by atoms with Gasteiger partial charge in [0.15, 0.2) is 0 Å². The lowest BCUT2D eigenvalue weighted by molar-refractivity contribution is 0.304. The highest BCUT2D eigenvalue weighted by Crippen LogP contribution is 2.23. The fraction of sp³-hybridized carbons (Fsp3) is 0.478. The molecular weight excluding hydrogens is 324 g/mol. The molecule has 2 heteroatoms. The third kappa shape index (κ3) is 8.00. The molecule has 25 heavy (non-hydrogen) atoms. The Labute approximate surface area is 159 Å². The minimum atomic E-state index is 0.823. The molecule has 0 atom stereocenters. The summed E-state index contributed by atoms with van der Waals surface area (Å²) in [6.45, 7) is 3.09. The van der Waals surface area contributed by atoms with Gasteiger partial charge in [0.2, 0.25) is 0 Å². The van der Waals surface area contributed by atoms with Gasteiger partial charge in [0.1, 0.15) is 5.75 Å². The molecule has 0 saturated heterocycles. The fourth-order valence-corrected chi connectivity index (χ4v) is 3.15. The second kappa shape index (κ2) is 12.0. The molecule has 0 aromatic heterocycles. The van der Waals surface area contributed by atoms with E-state index in [4.69, 9.17) is 4.74 Å². The Balaban J connectivity index is 1.58. The van der Waals surface area contributed by atoms with Crippen LogP contribution in [-0.2, 0) is 0 Å². The molecule has 0 radical (unpaired) electrons. The van der Waals surface area contributed by atoms with E-state index in [0.717, 1.165) is 23.7 Å². The normalized spacial score (nSPS) is 10.8. The van der Waals surface area contributed by atoms with Crippen LogP contribution in [0.5, 0.6) is 5.75 Å². The molecule has 0 amide bonds. The average Bonchev–Trinajstić information content (AvgIpc) is 2.64. The Hall–Kier alpha value is -1.41. The molecule has 0 saturated carbocycles. The number of rotatable bonds is 12. The minimum Gasteiger partial charge on any atom is -0.494 e. The number of benzene rings is 2. The predicted octanol–water partition coefficient (Wildman–Crippen LogP) is 7.55. The van der Waals surface area contributed by atoms with Gasteiger partial charge >= 0.3 is 0 Å². The predicted molar refractivity (Wildman–Crippen MR) is 112 cm³/mol. The molecular formula is C23H32OS. The first kappa shape index (κ1) is 19.9. The van der Waals surface area contributed by atoms with Crippen molar-refractivity contribution in [2.75, 3.05) is 6.61 Å². The molecule has 0 unspecified atom stereocenters. The quantitative estimate of drug-likeness (QED) is 0.305. The van der Waals surface area contributed by atoms with Gasteiger partial charge in [-0.1, -0.05) is 82.6 Å². The topological polar surface area (TPSA) is 9.23 Å². The molecule has 0 spiro atoms. The lowest BCUT2D eigenvalue weighted by Gasteiger charge is -2.08. The van der Waals surface area contributed by atoms with E-state index in [1.165, 1.54) is 62.5 Å². The van der Waals surface area contributed by atoms with Crippen LogP contribution in [0, 0.1) is 0 Å². The third-order valence-corrected chi connectivity index (χ3v) is 4.87. The van der Waals surface area contributed by atoms with Gasteiger partial charge in [0.05, 0.1) is 6.61 Å². The van der Waals surface area contributed by atoms with Crippen molar-refractivity contribution in [1.82, 2.24) is 0 Å². The summed E-state index contributed by atoms with van der Waals surface area (Å²) in [5, 5.41) is 0. The van der Waals surface area contributed by atoms with E-state index >= 15 is 0 Å². The van der Waals surface area contributed by atoms with Crippen molar-refractivity contribution in [1.29, 1.82) is 0 Å². The first-order valence-corrected chi connectivity index (χ1v) is 10.3. The first-order valence-electron chi connectivity index (χ1n) is 9.82. The van der Waals surface area contributed by atoms with Gasteiger partial charge in [0, 0.05) is 4.90 Å². The third-order valence-electron chi connectivity index (χ3n) is 4.57. The van der Waals surface area contributed by atoms with Crippen molar-refractivity contribution in [3.05, 3.63) is 48.5 Å². The number of unbranched alkanes of at least 4 members (excludes halogenated alkanes) is 8. The van der Waals surface area contributed by atoms with Gasteiger partial charge in [-0.25, -0.2) is 0 Å². The van der Waals surface area contributed by atoms with E-state index in [9.17, 15) is 0 Å². The summed E-state index contributed by atoms with van der Waals surface area (Å²) in [6, 6.07) is 16.6. The van der Waals surface area contributed by atoms with Crippen LogP contribution < -0.4 is 4.74 Å². The number of ether oxygens (including phenoxy) is 1. The van der Waals surface area contributed by atoms with Crippen molar-refractivity contribution in [2.45, 2.75) is 69.6 Å². The zero-order valence-electron chi connectivity index (χ0n) is 15.5. The molecule has 0 N–H and O–H groups in total.